The number of carboxylic acids is 1. The lowest BCUT2D eigenvalue weighted by Crippen LogP contribution is -2.21. The van der Waals surface area contributed by atoms with Crippen LogP contribution in [0.25, 0.3) is 11.3 Å². The van der Waals surface area contributed by atoms with Crippen LogP contribution in [-0.4, -0.2) is 36.2 Å². The molecule has 1 aliphatic carbocycles. The van der Waals surface area contributed by atoms with Crippen LogP contribution in [0.1, 0.15) is 73.5 Å². The van der Waals surface area contributed by atoms with Gasteiger partial charge in [0, 0.05) is 30.1 Å². The van der Waals surface area contributed by atoms with E-state index in [0.29, 0.717) is 23.7 Å². The molecule has 1 aromatic heterocycles. The molecule has 0 radical (unpaired) electrons. The van der Waals surface area contributed by atoms with Crippen LogP contribution in [0.15, 0.2) is 35.2 Å². The molecular formula is C24H32N2O5S. The van der Waals surface area contributed by atoms with E-state index in [0.717, 1.165) is 31.1 Å². The fourth-order valence-corrected chi connectivity index (χ4v) is 5.50. The van der Waals surface area contributed by atoms with E-state index in [4.69, 9.17) is 5.73 Å². The number of nitrogens with zero attached hydrogens (tertiary/aromatic N) is 1. The van der Waals surface area contributed by atoms with Crippen molar-refractivity contribution in [2.45, 2.75) is 69.2 Å². The number of carbonyl (C=O) groups is 2. The predicted octanol–water partition coefficient (Wildman–Crippen LogP) is 4.34. The maximum absolute atomic E-state index is 11.9. The molecule has 1 heterocycles. The highest BCUT2D eigenvalue weighted by Crippen LogP contribution is 2.38. The number of hydrogen-bond acceptors (Lipinski definition) is 4. The van der Waals surface area contributed by atoms with Crippen molar-refractivity contribution in [3.8, 4) is 11.3 Å². The molecule has 0 aliphatic heterocycles. The fraction of sp³-hybridized carbons (Fsp3) is 0.500. The molecule has 1 unspecified atom stereocenters. The molecule has 3 N–H and O–H groups in total. The first-order valence-corrected chi connectivity index (χ1v) is 13.0. The van der Waals surface area contributed by atoms with Gasteiger partial charge in [0.05, 0.1) is 10.5 Å². The van der Waals surface area contributed by atoms with E-state index >= 15 is 0 Å². The number of rotatable bonds is 9. The van der Waals surface area contributed by atoms with Gasteiger partial charge in [0.15, 0.2) is 9.84 Å². The van der Waals surface area contributed by atoms with Gasteiger partial charge in [-0.1, -0.05) is 44.2 Å². The number of nitrogens with two attached hydrogens (primary N) is 1. The van der Waals surface area contributed by atoms with E-state index in [1.807, 2.05) is 4.57 Å². The van der Waals surface area contributed by atoms with Crippen LogP contribution in [0.4, 0.5) is 0 Å². The zero-order valence-electron chi connectivity index (χ0n) is 18.7. The van der Waals surface area contributed by atoms with E-state index in [2.05, 4.69) is 0 Å². The molecule has 8 heteroatoms. The highest BCUT2D eigenvalue weighted by Gasteiger charge is 2.27. The minimum atomic E-state index is -3.33. The molecule has 3 rings (SSSR count). The molecule has 2 aromatic rings. The molecule has 1 atom stereocenters. The summed E-state index contributed by atoms with van der Waals surface area (Å²) < 4.78 is 25.7. The average molecular weight is 461 g/mol. The summed E-state index contributed by atoms with van der Waals surface area (Å²) >= 11 is 0. The largest absolute Gasteiger partial charge is 0.478 e. The van der Waals surface area contributed by atoms with Crippen molar-refractivity contribution in [3.63, 3.8) is 0 Å². The number of sulfone groups is 1. The Hall–Kier alpha value is -2.61. The van der Waals surface area contributed by atoms with Crippen molar-refractivity contribution in [3.05, 3.63) is 41.6 Å². The van der Waals surface area contributed by atoms with Gasteiger partial charge >= 0.3 is 5.97 Å². The van der Waals surface area contributed by atoms with Gasteiger partial charge in [-0.3, -0.25) is 4.79 Å². The fourth-order valence-electron chi connectivity index (χ4n) is 4.87. The maximum Gasteiger partial charge on any atom is 0.337 e. The lowest BCUT2D eigenvalue weighted by Gasteiger charge is -2.30. The lowest BCUT2D eigenvalue weighted by atomic mass is 9.83. The van der Waals surface area contributed by atoms with Crippen molar-refractivity contribution >= 4 is 21.7 Å². The van der Waals surface area contributed by atoms with Gasteiger partial charge in [0.2, 0.25) is 5.91 Å². The van der Waals surface area contributed by atoms with Crippen LogP contribution in [0.2, 0.25) is 0 Å². The predicted molar refractivity (Wildman–Crippen MR) is 123 cm³/mol. The highest BCUT2D eigenvalue weighted by atomic mass is 32.2. The number of primary amides is 1. The minimum Gasteiger partial charge on any atom is -0.478 e. The van der Waals surface area contributed by atoms with Gasteiger partial charge in [0.1, 0.15) is 0 Å². The maximum atomic E-state index is 11.9. The Kier molecular flexibility index (Phi) is 7.44. The molecule has 174 valence electrons. The van der Waals surface area contributed by atoms with E-state index in [1.165, 1.54) is 31.4 Å². The van der Waals surface area contributed by atoms with Crippen LogP contribution >= 0.6 is 0 Å². The van der Waals surface area contributed by atoms with Crippen LogP contribution in [0.5, 0.6) is 0 Å². The normalized spacial score (nSPS) is 16.1. The summed E-state index contributed by atoms with van der Waals surface area (Å²) in [7, 11) is -3.33. The molecule has 1 aromatic carbocycles. The second-order valence-corrected chi connectivity index (χ2v) is 10.9. The molecule has 32 heavy (non-hydrogen) atoms. The Balaban J connectivity index is 2.07. The molecule has 0 saturated heterocycles. The second kappa shape index (κ2) is 9.90. The monoisotopic (exact) mass is 460 g/mol. The smallest absolute Gasteiger partial charge is 0.337 e. The molecule has 1 fully saturated rings. The summed E-state index contributed by atoms with van der Waals surface area (Å²) in [5.74, 6) is -0.861. The molecule has 0 bridgehead atoms. The number of benzene rings is 1. The van der Waals surface area contributed by atoms with Crippen molar-refractivity contribution in [2.24, 2.45) is 11.7 Å². The highest BCUT2D eigenvalue weighted by molar-refractivity contribution is 7.90. The SMILES string of the molecule is Cc1c(C(=O)O)cc(-c2ccc(S(C)(=O)=O)cc2)n1C(CCC(N)=O)CC1CCCCC1. The number of carbonyl (C=O) groups excluding carboxylic acids is 1. The Morgan fingerprint density at radius 3 is 2.31 bits per heavy atom. The van der Waals surface area contributed by atoms with Gasteiger partial charge in [-0.25, -0.2) is 13.2 Å². The third-order valence-corrected chi connectivity index (χ3v) is 7.65. The van der Waals surface area contributed by atoms with E-state index < -0.39 is 15.8 Å². The van der Waals surface area contributed by atoms with Gasteiger partial charge < -0.3 is 15.4 Å². The number of aromatic nitrogens is 1. The van der Waals surface area contributed by atoms with Gasteiger partial charge in [-0.15, -0.1) is 0 Å². The van der Waals surface area contributed by atoms with Crippen LogP contribution < -0.4 is 5.73 Å². The summed E-state index contributed by atoms with van der Waals surface area (Å²) in [5, 5.41) is 9.76. The third kappa shape index (κ3) is 5.59. The zero-order chi connectivity index (χ0) is 23.5. The molecule has 0 spiro atoms. The Bertz CT molecular complexity index is 1080. The zero-order valence-corrected chi connectivity index (χ0v) is 19.5. The standard InChI is InChI=1S/C24H32N2O5S/c1-16-21(24(28)29)15-22(18-8-11-20(12-9-18)32(2,30)31)26(16)19(10-13-23(25)27)14-17-6-4-3-5-7-17/h8-9,11-12,15,17,19H,3-7,10,13-14H2,1-2H3,(H2,25,27)(H,28,29). The second-order valence-electron chi connectivity index (χ2n) is 8.90. The Morgan fingerprint density at radius 1 is 1.16 bits per heavy atom. The first-order valence-electron chi connectivity index (χ1n) is 11.1. The Morgan fingerprint density at radius 2 is 1.78 bits per heavy atom. The van der Waals surface area contributed by atoms with Crippen molar-refractivity contribution in [1.82, 2.24) is 4.57 Å². The first-order chi connectivity index (χ1) is 15.1. The first kappa shape index (κ1) is 24.0. The van der Waals surface area contributed by atoms with Gasteiger partial charge in [-0.2, -0.15) is 0 Å². The number of amides is 1. The number of carboxylic acid groups (broad SMARTS) is 1. The van der Waals surface area contributed by atoms with Crippen LogP contribution in [0.3, 0.4) is 0 Å². The van der Waals surface area contributed by atoms with E-state index in [9.17, 15) is 23.1 Å². The average Bonchev–Trinajstić information content (AvgIpc) is 3.08. The third-order valence-electron chi connectivity index (χ3n) is 6.52. The number of aromatic carboxylic acids is 1. The van der Waals surface area contributed by atoms with Gasteiger partial charge in [0.25, 0.3) is 0 Å². The van der Waals surface area contributed by atoms with E-state index in [1.54, 1.807) is 25.1 Å². The summed E-state index contributed by atoms with van der Waals surface area (Å²) in [6.45, 7) is 1.79. The summed E-state index contributed by atoms with van der Waals surface area (Å²) in [5.41, 5.74) is 7.74. The van der Waals surface area contributed by atoms with Crippen molar-refractivity contribution in [1.29, 1.82) is 0 Å². The molecule has 1 aliphatic rings. The van der Waals surface area contributed by atoms with Gasteiger partial charge in [-0.05, 0) is 49.4 Å². The summed E-state index contributed by atoms with van der Waals surface area (Å²) in [6, 6.07) is 8.07. The van der Waals surface area contributed by atoms with Crippen LogP contribution in [0, 0.1) is 12.8 Å². The number of hydrogen-bond donors (Lipinski definition) is 2. The minimum absolute atomic E-state index is 0.0664. The summed E-state index contributed by atoms with van der Waals surface area (Å²) in [4.78, 5) is 23.7. The Labute approximate surface area is 189 Å². The van der Waals surface area contributed by atoms with E-state index in [-0.39, 0.29) is 28.8 Å². The lowest BCUT2D eigenvalue weighted by molar-refractivity contribution is -0.118. The quantitative estimate of drug-likeness (QED) is 0.577. The summed E-state index contributed by atoms with van der Waals surface area (Å²) in [6.07, 6.45) is 8.67. The molecule has 7 nitrogen and oxygen atoms in total. The molecule has 1 amide bonds. The molecule has 1 saturated carbocycles. The van der Waals surface area contributed by atoms with Crippen molar-refractivity contribution in [2.75, 3.05) is 6.26 Å². The topological polar surface area (TPSA) is 119 Å². The van der Waals surface area contributed by atoms with Crippen LogP contribution in [-0.2, 0) is 14.6 Å². The molecular weight excluding hydrogens is 428 g/mol. The van der Waals surface area contributed by atoms with Crippen molar-refractivity contribution < 1.29 is 23.1 Å².